The van der Waals surface area contributed by atoms with Gasteiger partial charge in [0.1, 0.15) is 18.2 Å². The zero-order valence-electron chi connectivity index (χ0n) is 16.6. The number of thioether (sulfide) groups is 1. The molecule has 0 radical (unpaired) electrons. The molecule has 0 atom stereocenters. The summed E-state index contributed by atoms with van der Waals surface area (Å²) in [7, 11) is 0. The third-order valence-electron chi connectivity index (χ3n) is 4.48. The molecule has 2 heterocycles. The molecule has 30 heavy (non-hydrogen) atoms. The van der Waals surface area contributed by atoms with E-state index in [9.17, 15) is 4.39 Å². The van der Waals surface area contributed by atoms with Crippen LogP contribution in [-0.4, -0.2) is 24.7 Å². The third-order valence-corrected chi connectivity index (χ3v) is 5.49. The largest absolute Gasteiger partial charge is 0.486 e. The van der Waals surface area contributed by atoms with E-state index < -0.39 is 0 Å². The first-order valence-corrected chi connectivity index (χ1v) is 10.3. The van der Waals surface area contributed by atoms with Crippen LogP contribution in [0, 0.1) is 19.7 Å². The van der Waals surface area contributed by atoms with E-state index in [4.69, 9.17) is 10.6 Å². The number of nitrogen functional groups attached to an aromatic ring is 1. The Kier molecular flexibility index (Phi) is 5.71. The monoisotopic (exact) mass is 424 g/mol. The molecule has 7 nitrogen and oxygen atoms in total. The van der Waals surface area contributed by atoms with Crippen molar-refractivity contribution in [3.63, 3.8) is 0 Å². The summed E-state index contributed by atoms with van der Waals surface area (Å²) in [4.78, 5) is 0. The average Bonchev–Trinajstić information content (AvgIpc) is 3.27. The highest BCUT2D eigenvalue weighted by Crippen LogP contribution is 2.22. The molecule has 4 rings (SSSR count). The second-order valence-electron chi connectivity index (χ2n) is 6.81. The van der Waals surface area contributed by atoms with Gasteiger partial charge in [-0.15, -0.1) is 10.2 Å². The lowest BCUT2D eigenvalue weighted by molar-refractivity contribution is 0.291. The molecular weight excluding hydrogens is 403 g/mol. The topological polar surface area (TPSA) is 83.8 Å². The number of hydrogen-bond donors (Lipinski definition) is 1. The van der Waals surface area contributed by atoms with Gasteiger partial charge >= 0.3 is 0 Å². The van der Waals surface area contributed by atoms with E-state index in [1.54, 1.807) is 12.1 Å². The number of benzene rings is 2. The van der Waals surface area contributed by atoms with Crippen molar-refractivity contribution in [3.8, 4) is 11.4 Å². The number of aryl methyl sites for hydroxylation is 2. The standard InChI is InChI=1S/C21H21FN6OS/c1-14-11-15(2)28(26-14)18-7-3-16(4-8-18)13-30-21-25-24-20(27(21)23)12-29-19-9-5-17(22)6-10-19/h3-11H,12-13,23H2,1-2H3. The van der Waals surface area contributed by atoms with Crippen molar-refractivity contribution in [3.05, 3.63) is 83.2 Å². The molecule has 2 aromatic carbocycles. The van der Waals surface area contributed by atoms with Crippen LogP contribution in [0.4, 0.5) is 4.39 Å². The lowest BCUT2D eigenvalue weighted by Gasteiger charge is -2.07. The molecule has 0 aliphatic carbocycles. The number of nitrogens with two attached hydrogens (primary N) is 1. The van der Waals surface area contributed by atoms with Crippen molar-refractivity contribution in [1.29, 1.82) is 0 Å². The van der Waals surface area contributed by atoms with Crippen LogP contribution in [0.15, 0.2) is 59.8 Å². The van der Waals surface area contributed by atoms with Crippen molar-refractivity contribution >= 4 is 11.8 Å². The second-order valence-corrected chi connectivity index (χ2v) is 7.75. The molecule has 4 aromatic rings. The van der Waals surface area contributed by atoms with Gasteiger partial charge in [-0.25, -0.2) is 13.7 Å². The van der Waals surface area contributed by atoms with Crippen LogP contribution >= 0.6 is 11.8 Å². The first-order valence-electron chi connectivity index (χ1n) is 9.33. The number of aromatic nitrogens is 5. The summed E-state index contributed by atoms with van der Waals surface area (Å²) < 4.78 is 21.9. The predicted molar refractivity (Wildman–Crippen MR) is 114 cm³/mol. The van der Waals surface area contributed by atoms with Gasteiger partial charge in [0.25, 0.3) is 0 Å². The van der Waals surface area contributed by atoms with Crippen molar-refractivity contribution in [2.75, 3.05) is 5.84 Å². The molecule has 0 aliphatic rings. The molecule has 2 N–H and O–H groups in total. The van der Waals surface area contributed by atoms with E-state index >= 15 is 0 Å². The summed E-state index contributed by atoms with van der Waals surface area (Å²) in [6.07, 6.45) is 0. The smallest absolute Gasteiger partial charge is 0.210 e. The van der Waals surface area contributed by atoms with Gasteiger partial charge in [0.2, 0.25) is 5.16 Å². The van der Waals surface area contributed by atoms with E-state index in [0.717, 1.165) is 22.6 Å². The molecule has 0 amide bonds. The molecule has 0 fully saturated rings. The van der Waals surface area contributed by atoms with Gasteiger partial charge in [-0.3, -0.25) is 0 Å². The molecule has 2 aromatic heterocycles. The number of nitrogens with zero attached hydrogens (tertiary/aromatic N) is 5. The van der Waals surface area contributed by atoms with Crippen molar-refractivity contribution in [2.24, 2.45) is 0 Å². The highest BCUT2D eigenvalue weighted by molar-refractivity contribution is 7.98. The van der Waals surface area contributed by atoms with Crippen LogP contribution in [0.5, 0.6) is 5.75 Å². The van der Waals surface area contributed by atoms with Gasteiger partial charge in [0, 0.05) is 11.4 Å². The zero-order chi connectivity index (χ0) is 21.1. The van der Waals surface area contributed by atoms with Gasteiger partial charge in [0.05, 0.1) is 11.4 Å². The number of ether oxygens (including phenoxy) is 1. The third kappa shape index (κ3) is 4.46. The van der Waals surface area contributed by atoms with Crippen LogP contribution in [-0.2, 0) is 12.4 Å². The first-order chi connectivity index (χ1) is 14.5. The van der Waals surface area contributed by atoms with Crippen LogP contribution in [0.3, 0.4) is 0 Å². The fourth-order valence-corrected chi connectivity index (χ4v) is 3.79. The van der Waals surface area contributed by atoms with Gasteiger partial charge in [-0.2, -0.15) is 5.10 Å². The van der Waals surface area contributed by atoms with Crippen molar-refractivity contribution < 1.29 is 9.13 Å². The molecule has 0 bridgehead atoms. The fourth-order valence-electron chi connectivity index (χ4n) is 2.95. The summed E-state index contributed by atoms with van der Waals surface area (Å²) >= 11 is 1.49. The van der Waals surface area contributed by atoms with E-state index in [1.807, 2.05) is 30.7 Å². The Morgan fingerprint density at radius 3 is 2.43 bits per heavy atom. The quantitative estimate of drug-likeness (QED) is 0.359. The molecular formula is C21H21FN6OS. The molecule has 0 saturated heterocycles. The molecule has 0 saturated carbocycles. The highest BCUT2D eigenvalue weighted by Gasteiger charge is 2.11. The summed E-state index contributed by atoms with van der Waals surface area (Å²) in [5.74, 6) is 7.51. The molecule has 154 valence electrons. The normalized spacial score (nSPS) is 11.0. The van der Waals surface area contributed by atoms with Crippen LogP contribution < -0.4 is 10.6 Å². The highest BCUT2D eigenvalue weighted by atomic mass is 32.2. The Balaban J connectivity index is 1.36. The maximum absolute atomic E-state index is 13.0. The average molecular weight is 425 g/mol. The molecule has 0 aliphatic heterocycles. The van der Waals surface area contributed by atoms with Crippen molar-refractivity contribution in [2.45, 2.75) is 31.4 Å². The number of hydrogen-bond acceptors (Lipinski definition) is 6. The van der Waals surface area contributed by atoms with E-state index in [0.29, 0.717) is 22.5 Å². The summed E-state index contributed by atoms with van der Waals surface area (Å²) in [5, 5.41) is 13.3. The fraction of sp³-hybridized carbons (Fsp3) is 0.190. The van der Waals surface area contributed by atoms with Gasteiger partial charge < -0.3 is 10.6 Å². The zero-order valence-corrected chi connectivity index (χ0v) is 17.4. The summed E-state index contributed by atoms with van der Waals surface area (Å²) in [6, 6.07) is 16.1. The molecule has 0 unspecified atom stereocenters. The lowest BCUT2D eigenvalue weighted by Crippen LogP contribution is -2.15. The lowest BCUT2D eigenvalue weighted by atomic mass is 10.2. The minimum atomic E-state index is -0.314. The minimum Gasteiger partial charge on any atom is -0.486 e. The van der Waals surface area contributed by atoms with Gasteiger partial charge in [-0.05, 0) is 61.9 Å². The number of halogens is 1. The van der Waals surface area contributed by atoms with Crippen LogP contribution in [0.25, 0.3) is 5.69 Å². The minimum absolute atomic E-state index is 0.146. The molecule has 0 spiro atoms. The Morgan fingerprint density at radius 2 is 1.77 bits per heavy atom. The predicted octanol–water partition coefficient (Wildman–Crippen LogP) is 3.80. The SMILES string of the molecule is Cc1cc(C)n(-c2ccc(CSc3nnc(COc4ccc(F)cc4)n3N)cc2)n1. The second kappa shape index (κ2) is 8.58. The van der Waals surface area contributed by atoms with Crippen LogP contribution in [0.1, 0.15) is 22.8 Å². The molecule has 9 heteroatoms. The number of rotatable bonds is 7. The Morgan fingerprint density at radius 1 is 1.03 bits per heavy atom. The first kappa shape index (κ1) is 20.0. The van der Waals surface area contributed by atoms with E-state index in [2.05, 4.69) is 33.5 Å². The Labute approximate surface area is 177 Å². The summed E-state index contributed by atoms with van der Waals surface area (Å²) in [6.45, 7) is 4.17. The van der Waals surface area contributed by atoms with Gasteiger partial charge in [0.15, 0.2) is 5.82 Å². The summed E-state index contributed by atoms with van der Waals surface area (Å²) in [5.41, 5.74) is 4.25. The Hall–Kier alpha value is -3.33. The van der Waals surface area contributed by atoms with Crippen LogP contribution in [0.2, 0.25) is 0 Å². The maximum atomic E-state index is 13.0. The van der Waals surface area contributed by atoms with E-state index in [1.165, 1.54) is 28.6 Å². The van der Waals surface area contributed by atoms with Gasteiger partial charge in [-0.1, -0.05) is 23.9 Å². The Bertz CT molecular complexity index is 1140. The van der Waals surface area contributed by atoms with E-state index in [-0.39, 0.29) is 12.4 Å². The maximum Gasteiger partial charge on any atom is 0.210 e. The van der Waals surface area contributed by atoms with Crippen molar-refractivity contribution in [1.82, 2.24) is 24.7 Å².